The van der Waals surface area contributed by atoms with Crippen molar-refractivity contribution in [2.45, 2.75) is 19.3 Å². The number of hydrogen-bond acceptors (Lipinski definition) is 2. The number of aromatic hydroxyl groups is 1. The highest BCUT2D eigenvalue weighted by atomic mass is 16.5. The molecule has 1 fully saturated rings. The molecule has 4 rings (SSSR count). The molecule has 4 heteroatoms. The van der Waals surface area contributed by atoms with Gasteiger partial charge in [0.05, 0.1) is 12.7 Å². The van der Waals surface area contributed by atoms with Crippen molar-refractivity contribution >= 4 is 0 Å². The molecule has 0 amide bonds. The van der Waals surface area contributed by atoms with Gasteiger partial charge in [0.2, 0.25) is 6.17 Å². The number of hydrogen-bond donors (Lipinski definition) is 3. The van der Waals surface area contributed by atoms with E-state index >= 15 is 0 Å². The fourth-order valence-electron chi connectivity index (χ4n) is 4.34. The molecule has 1 saturated heterocycles. The summed E-state index contributed by atoms with van der Waals surface area (Å²) >= 11 is 0. The van der Waals surface area contributed by atoms with Crippen LogP contribution in [0.25, 0.3) is 0 Å². The van der Waals surface area contributed by atoms with Crippen molar-refractivity contribution in [3.63, 3.8) is 0 Å². The summed E-state index contributed by atoms with van der Waals surface area (Å²) in [5, 5.41) is 10.0. The van der Waals surface area contributed by atoms with Gasteiger partial charge in [0.25, 0.3) is 0 Å². The van der Waals surface area contributed by atoms with Gasteiger partial charge in [-0.15, -0.1) is 0 Å². The van der Waals surface area contributed by atoms with Crippen LogP contribution in [0.4, 0.5) is 0 Å². The van der Waals surface area contributed by atoms with Crippen LogP contribution in [0.3, 0.4) is 0 Å². The Labute approximate surface area is 166 Å². The average Bonchev–Trinajstić information content (AvgIpc) is 3.12. The summed E-state index contributed by atoms with van der Waals surface area (Å²) in [7, 11) is 1.61. The maximum Gasteiger partial charge on any atom is 0.241 e. The van der Waals surface area contributed by atoms with Crippen LogP contribution in [-0.4, -0.2) is 25.3 Å². The molecule has 4 nitrogen and oxygen atoms in total. The van der Waals surface area contributed by atoms with Crippen molar-refractivity contribution in [1.82, 2.24) is 0 Å². The Morgan fingerprint density at radius 2 is 1.36 bits per heavy atom. The topological polar surface area (TPSA) is 38.3 Å². The lowest BCUT2D eigenvalue weighted by molar-refractivity contribution is -1.09. The van der Waals surface area contributed by atoms with E-state index in [1.807, 2.05) is 12.1 Å². The first-order chi connectivity index (χ1) is 13.7. The van der Waals surface area contributed by atoms with Gasteiger partial charge in [-0.1, -0.05) is 60.7 Å². The van der Waals surface area contributed by atoms with E-state index < -0.39 is 0 Å². The Hall–Kier alpha value is -2.82. The van der Waals surface area contributed by atoms with Crippen molar-refractivity contribution in [3.05, 3.63) is 95.6 Å². The molecule has 2 unspecified atom stereocenters. The quantitative estimate of drug-likeness (QED) is 0.611. The first kappa shape index (κ1) is 18.5. The molecule has 1 aliphatic heterocycles. The zero-order valence-electron chi connectivity index (χ0n) is 16.3. The molecule has 144 valence electrons. The second-order valence-electron chi connectivity index (χ2n) is 7.51. The maximum absolute atomic E-state index is 10.0. The number of phenolic OH excluding ortho intramolecular Hbond substituents is 1. The van der Waals surface area contributed by atoms with E-state index in [9.17, 15) is 5.11 Å². The highest BCUT2D eigenvalue weighted by Crippen LogP contribution is 2.27. The summed E-state index contributed by atoms with van der Waals surface area (Å²) in [5.74, 6) is 0.737. The van der Waals surface area contributed by atoms with Crippen molar-refractivity contribution in [2.24, 2.45) is 0 Å². The van der Waals surface area contributed by atoms with E-state index in [0.717, 1.165) is 26.2 Å². The molecule has 0 bridgehead atoms. The van der Waals surface area contributed by atoms with Crippen LogP contribution in [0.2, 0.25) is 0 Å². The molecule has 0 aliphatic carbocycles. The largest absolute Gasteiger partial charge is 0.504 e. The van der Waals surface area contributed by atoms with Gasteiger partial charge >= 0.3 is 0 Å². The summed E-state index contributed by atoms with van der Waals surface area (Å²) in [6.07, 6.45) is 0.301. The Bertz CT molecular complexity index is 849. The molecule has 0 spiro atoms. The van der Waals surface area contributed by atoms with Crippen LogP contribution in [-0.2, 0) is 13.1 Å². The van der Waals surface area contributed by atoms with Gasteiger partial charge in [0.15, 0.2) is 11.5 Å². The van der Waals surface area contributed by atoms with E-state index in [1.54, 1.807) is 23.0 Å². The van der Waals surface area contributed by atoms with Crippen LogP contribution < -0.4 is 14.5 Å². The number of phenols is 1. The summed E-state index contributed by atoms with van der Waals surface area (Å²) in [6, 6.07) is 27.2. The van der Waals surface area contributed by atoms with Gasteiger partial charge in [-0.05, 0) is 18.2 Å². The van der Waals surface area contributed by atoms with Gasteiger partial charge in [-0.25, -0.2) is 0 Å². The third-order valence-electron chi connectivity index (χ3n) is 5.67. The molecule has 0 aromatic heterocycles. The molecule has 2 atom stereocenters. The molecule has 0 radical (unpaired) electrons. The second-order valence-corrected chi connectivity index (χ2v) is 7.51. The van der Waals surface area contributed by atoms with Crippen LogP contribution >= 0.6 is 0 Å². The number of methoxy groups -OCH3 is 1. The van der Waals surface area contributed by atoms with Gasteiger partial charge in [0.1, 0.15) is 26.2 Å². The molecule has 0 saturated carbocycles. The van der Waals surface area contributed by atoms with Crippen molar-refractivity contribution < 1.29 is 19.6 Å². The number of ether oxygens (including phenoxy) is 1. The monoisotopic (exact) mass is 376 g/mol. The molecular weight excluding hydrogens is 348 g/mol. The van der Waals surface area contributed by atoms with Crippen molar-refractivity contribution in [1.29, 1.82) is 0 Å². The van der Waals surface area contributed by atoms with E-state index in [1.165, 1.54) is 16.7 Å². The third-order valence-corrected chi connectivity index (χ3v) is 5.67. The minimum Gasteiger partial charge on any atom is -0.504 e. The van der Waals surface area contributed by atoms with Crippen LogP contribution in [0.5, 0.6) is 11.5 Å². The highest BCUT2D eigenvalue weighted by Gasteiger charge is 2.41. The lowest BCUT2D eigenvalue weighted by atomic mass is 10.1. The standard InChI is InChI=1S/C24H26N2O2/c1-28-23-16-21(12-13-22(23)27)24-25(17-19-8-4-2-5-9-19)14-15-26(24)18-20-10-6-3-7-11-20/h2-13,16,24,27H,14-15,17-18H2,1H3/p+2. The van der Waals surface area contributed by atoms with Crippen molar-refractivity contribution in [2.75, 3.05) is 20.2 Å². The van der Waals surface area contributed by atoms with Crippen LogP contribution in [0, 0.1) is 0 Å². The van der Waals surface area contributed by atoms with E-state index in [4.69, 9.17) is 4.74 Å². The zero-order chi connectivity index (χ0) is 19.3. The lowest BCUT2D eigenvalue weighted by Crippen LogP contribution is -3.22. The summed E-state index contributed by atoms with van der Waals surface area (Å²) in [4.78, 5) is 3.09. The van der Waals surface area contributed by atoms with E-state index in [2.05, 4.69) is 60.7 Å². The third kappa shape index (κ3) is 4.03. The molecule has 3 aromatic rings. The van der Waals surface area contributed by atoms with Crippen LogP contribution in [0.1, 0.15) is 22.9 Å². The molecule has 1 heterocycles. The van der Waals surface area contributed by atoms with Gasteiger partial charge < -0.3 is 9.84 Å². The van der Waals surface area contributed by atoms with Crippen molar-refractivity contribution in [3.8, 4) is 11.5 Å². The number of nitrogens with one attached hydrogen (secondary N) is 2. The Balaban J connectivity index is 1.64. The average molecular weight is 377 g/mol. The smallest absolute Gasteiger partial charge is 0.241 e. The highest BCUT2D eigenvalue weighted by molar-refractivity contribution is 5.42. The summed E-state index contributed by atoms with van der Waals surface area (Å²) in [6.45, 7) is 4.22. The molecular formula is C24H28N2O2+2. The predicted molar refractivity (Wildman–Crippen MR) is 109 cm³/mol. The van der Waals surface area contributed by atoms with Gasteiger partial charge in [-0.2, -0.15) is 0 Å². The molecule has 28 heavy (non-hydrogen) atoms. The molecule has 3 N–H and O–H groups in total. The fourth-order valence-corrected chi connectivity index (χ4v) is 4.34. The lowest BCUT2D eigenvalue weighted by Gasteiger charge is -2.25. The maximum atomic E-state index is 10.0. The Morgan fingerprint density at radius 3 is 1.86 bits per heavy atom. The normalized spacial score (nSPS) is 21.5. The minimum atomic E-state index is 0.193. The minimum absolute atomic E-state index is 0.193. The molecule has 3 aromatic carbocycles. The SMILES string of the molecule is COc1cc(C2[NH+](Cc3ccccc3)CC[NH+]2Cc2ccccc2)ccc1O. The zero-order valence-corrected chi connectivity index (χ0v) is 16.3. The Morgan fingerprint density at radius 1 is 0.821 bits per heavy atom. The Kier molecular flexibility index (Phi) is 5.60. The van der Waals surface area contributed by atoms with Gasteiger partial charge in [-0.3, -0.25) is 9.80 Å². The summed E-state index contributed by atoms with van der Waals surface area (Å²) in [5.41, 5.74) is 3.92. The van der Waals surface area contributed by atoms with Crippen LogP contribution in [0.15, 0.2) is 78.9 Å². The van der Waals surface area contributed by atoms with E-state index in [0.29, 0.717) is 11.9 Å². The molecule has 1 aliphatic rings. The first-order valence-electron chi connectivity index (χ1n) is 9.88. The number of quaternary nitrogens is 2. The number of benzene rings is 3. The first-order valence-corrected chi connectivity index (χ1v) is 9.88. The van der Waals surface area contributed by atoms with E-state index in [-0.39, 0.29) is 5.75 Å². The second kappa shape index (κ2) is 8.46. The summed E-state index contributed by atoms with van der Waals surface area (Å²) < 4.78 is 5.38. The van der Waals surface area contributed by atoms with Gasteiger partial charge in [0, 0.05) is 11.1 Å². The predicted octanol–water partition coefficient (Wildman–Crippen LogP) is 1.58. The fraction of sp³-hybridized carbons (Fsp3) is 0.250. The number of rotatable bonds is 6.